The first kappa shape index (κ1) is 40.1. The molecule has 2 aliphatic heterocycles. The highest BCUT2D eigenvalue weighted by molar-refractivity contribution is 5.97. The van der Waals surface area contributed by atoms with Crippen LogP contribution in [0, 0.1) is 0 Å². The second kappa shape index (κ2) is 18.0. The number of carbonyl (C=O) groups is 6. The van der Waals surface area contributed by atoms with Crippen molar-refractivity contribution in [2.45, 2.75) is 114 Å². The van der Waals surface area contributed by atoms with Crippen molar-refractivity contribution in [3.63, 3.8) is 0 Å². The molecule has 0 unspecified atom stereocenters. The number of hydrogen-bond donors (Lipinski definition) is 11. The number of phenols is 1. The molecule has 12 N–H and O–H groups in total. The number of carbonyl (C=O) groups excluding carboxylic acids is 6. The highest BCUT2D eigenvalue weighted by atomic mass is 16.3. The molecule has 0 bridgehead atoms. The molecule has 0 spiro atoms. The van der Waals surface area contributed by atoms with Crippen LogP contribution in [0.1, 0.15) is 52.0 Å². The van der Waals surface area contributed by atoms with Crippen LogP contribution in [0.15, 0.2) is 24.3 Å². The van der Waals surface area contributed by atoms with Gasteiger partial charge < -0.3 is 62.8 Å². The van der Waals surface area contributed by atoms with Gasteiger partial charge in [0.2, 0.25) is 35.4 Å². The maximum absolute atomic E-state index is 13.7. The van der Waals surface area contributed by atoms with E-state index in [9.17, 15) is 54.3 Å². The third-order valence-electron chi connectivity index (χ3n) is 8.66. The molecule has 50 heavy (non-hydrogen) atoms. The molecule has 0 saturated carbocycles. The zero-order valence-corrected chi connectivity index (χ0v) is 28.2. The third-order valence-corrected chi connectivity index (χ3v) is 8.66. The van der Waals surface area contributed by atoms with Crippen LogP contribution in [-0.4, -0.2) is 140 Å². The molecule has 6 amide bonds. The van der Waals surface area contributed by atoms with Crippen LogP contribution in [0.2, 0.25) is 0 Å². The van der Waals surface area contributed by atoms with Gasteiger partial charge in [-0.3, -0.25) is 28.8 Å². The number of benzene rings is 1. The lowest BCUT2D eigenvalue weighted by atomic mass is 10.0. The predicted molar refractivity (Wildman–Crippen MR) is 176 cm³/mol. The first-order valence-electron chi connectivity index (χ1n) is 16.6. The number of hydrogen-bond acceptors (Lipinski definition) is 12. The van der Waals surface area contributed by atoms with Crippen molar-refractivity contribution < 1.29 is 54.3 Å². The monoisotopic (exact) mass is 707 g/mol. The van der Waals surface area contributed by atoms with Gasteiger partial charge in [-0.25, -0.2) is 0 Å². The molecule has 278 valence electrons. The molecule has 2 aliphatic rings. The van der Waals surface area contributed by atoms with E-state index in [4.69, 9.17) is 5.73 Å². The number of rotatable bonds is 6. The summed E-state index contributed by atoms with van der Waals surface area (Å²) in [7, 11) is 0. The van der Waals surface area contributed by atoms with E-state index in [1.807, 2.05) is 0 Å². The van der Waals surface area contributed by atoms with Crippen molar-refractivity contribution in [3.05, 3.63) is 29.8 Å². The molecule has 1 aromatic rings. The van der Waals surface area contributed by atoms with Gasteiger partial charge in [-0.1, -0.05) is 12.1 Å². The molecule has 18 nitrogen and oxygen atoms in total. The Bertz CT molecular complexity index is 1370. The van der Waals surface area contributed by atoms with Gasteiger partial charge in [-0.15, -0.1) is 0 Å². The van der Waals surface area contributed by atoms with Crippen LogP contribution < -0.4 is 32.3 Å². The maximum atomic E-state index is 13.7. The molecule has 2 heterocycles. The lowest BCUT2D eigenvalue weighted by Crippen LogP contribution is -2.62. The van der Waals surface area contributed by atoms with Gasteiger partial charge in [0.25, 0.3) is 0 Å². The molecular formula is C32H49N7O11. The molecule has 0 aromatic heterocycles. The number of amides is 6. The lowest BCUT2D eigenvalue weighted by molar-refractivity contribution is -0.144. The quantitative estimate of drug-likeness (QED) is 0.134. The topological polar surface area (TPSA) is 293 Å². The number of aliphatic hydroxyl groups excluding tert-OH is 4. The molecule has 3 rings (SSSR count). The van der Waals surface area contributed by atoms with Gasteiger partial charge >= 0.3 is 0 Å². The summed E-state index contributed by atoms with van der Waals surface area (Å²) in [6.45, 7) is 3.37. The van der Waals surface area contributed by atoms with Gasteiger partial charge in [0.1, 0.15) is 36.0 Å². The number of aliphatic hydroxyl groups is 4. The summed E-state index contributed by atoms with van der Waals surface area (Å²) < 4.78 is 0. The first-order valence-corrected chi connectivity index (χ1v) is 16.6. The molecule has 2 fully saturated rings. The van der Waals surface area contributed by atoms with Gasteiger partial charge in [0.05, 0.1) is 30.5 Å². The zero-order chi connectivity index (χ0) is 37.3. The normalized spacial score (nSPS) is 30.0. The standard InChI is InChI=1S/C32H49N7O11/c1-15(40)24-30(48)34-12-4-5-21(33)27(45)38-26(17(3)42)32(50)39-14-20(44)13-23(39)29(47)35-22(11-8-18-6-9-19(43)10-7-18)28(46)36-25(16(2)41)31(49)37-24/h6-7,9-10,15-17,20-26,40-44H,4-5,8,11-14,33H2,1-3H3,(H,34,48)(H,35,47)(H,36,46)(H,37,49)(H,38,45)/t15-,16-,17-,20-,21+,22+,23+,24+,25+,26+/m1/s1. The number of aromatic hydroxyl groups is 1. The SMILES string of the molecule is C[C@@H](O)[C@@H]1NC(=O)[C@H](CCc2ccc(O)cc2)NC(=O)[C@@H]2C[C@@H](O)CN2C(=O)[C@H]([C@@H](C)O)NC(=O)[C@@H](N)CCCNC(=O)[C@H]([C@@H](C)O)NC1=O. The van der Waals surface area contributed by atoms with Crippen molar-refractivity contribution in [3.8, 4) is 5.75 Å². The number of nitrogens with two attached hydrogens (primary N) is 1. The first-order chi connectivity index (χ1) is 23.5. The highest BCUT2D eigenvalue weighted by Gasteiger charge is 2.44. The summed E-state index contributed by atoms with van der Waals surface area (Å²) in [5.74, 6) is -5.25. The van der Waals surface area contributed by atoms with Crippen LogP contribution in [0.3, 0.4) is 0 Å². The van der Waals surface area contributed by atoms with E-state index in [1.165, 1.54) is 32.9 Å². The summed E-state index contributed by atoms with van der Waals surface area (Å²) in [5.41, 5.74) is 6.69. The van der Waals surface area contributed by atoms with E-state index >= 15 is 0 Å². The summed E-state index contributed by atoms with van der Waals surface area (Å²) in [5, 5.41) is 63.6. The van der Waals surface area contributed by atoms with E-state index in [0.29, 0.717) is 5.56 Å². The highest BCUT2D eigenvalue weighted by Crippen LogP contribution is 2.21. The summed E-state index contributed by atoms with van der Waals surface area (Å²) in [6, 6.07) is -2.53. The Morgan fingerprint density at radius 3 is 1.94 bits per heavy atom. The van der Waals surface area contributed by atoms with E-state index in [0.717, 1.165) is 4.90 Å². The maximum Gasteiger partial charge on any atom is 0.248 e. The molecule has 0 aliphatic carbocycles. The molecule has 10 atom stereocenters. The lowest BCUT2D eigenvalue weighted by Gasteiger charge is -2.31. The van der Waals surface area contributed by atoms with E-state index in [1.54, 1.807) is 12.1 Å². The smallest absolute Gasteiger partial charge is 0.248 e. The number of phenolic OH excluding ortho intramolecular Hbond substituents is 1. The number of nitrogens with zero attached hydrogens (tertiary/aromatic N) is 1. The van der Waals surface area contributed by atoms with E-state index in [2.05, 4.69) is 26.6 Å². The van der Waals surface area contributed by atoms with E-state index in [-0.39, 0.29) is 50.9 Å². The minimum Gasteiger partial charge on any atom is -0.508 e. The van der Waals surface area contributed by atoms with Crippen LogP contribution in [0.5, 0.6) is 5.75 Å². The number of aryl methyl sites for hydroxylation is 1. The predicted octanol–water partition coefficient (Wildman–Crippen LogP) is -4.39. The van der Waals surface area contributed by atoms with Crippen LogP contribution in [0.25, 0.3) is 0 Å². The van der Waals surface area contributed by atoms with Crippen molar-refractivity contribution in [1.82, 2.24) is 31.5 Å². The number of nitrogens with one attached hydrogen (secondary N) is 5. The Hall–Kier alpha value is -4.36. The Morgan fingerprint density at radius 1 is 0.780 bits per heavy atom. The van der Waals surface area contributed by atoms with Crippen LogP contribution in [-0.2, 0) is 35.2 Å². The fraction of sp³-hybridized carbons (Fsp3) is 0.625. The van der Waals surface area contributed by atoms with Gasteiger partial charge in [-0.2, -0.15) is 0 Å². The van der Waals surface area contributed by atoms with E-state index < -0.39 is 96.1 Å². The molecule has 2 saturated heterocycles. The van der Waals surface area contributed by atoms with Crippen molar-refractivity contribution in [2.24, 2.45) is 5.73 Å². The average molecular weight is 708 g/mol. The van der Waals surface area contributed by atoms with Gasteiger partial charge in [0.15, 0.2) is 0 Å². The van der Waals surface area contributed by atoms with Crippen LogP contribution in [0.4, 0.5) is 0 Å². The largest absolute Gasteiger partial charge is 0.508 e. The Morgan fingerprint density at radius 2 is 1.34 bits per heavy atom. The third kappa shape index (κ3) is 10.8. The second-order valence-corrected chi connectivity index (χ2v) is 12.9. The van der Waals surface area contributed by atoms with Crippen LogP contribution >= 0.6 is 0 Å². The van der Waals surface area contributed by atoms with Crippen molar-refractivity contribution in [2.75, 3.05) is 13.1 Å². The molecule has 1 aromatic carbocycles. The van der Waals surface area contributed by atoms with Crippen molar-refractivity contribution in [1.29, 1.82) is 0 Å². The Kier molecular flexibility index (Phi) is 14.5. The zero-order valence-electron chi connectivity index (χ0n) is 28.2. The fourth-order valence-electron chi connectivity index (χ4n) is 5.73. The minimum atomic E-state index is -1.65. The van der Waals surface area contributed by atoms with Gasteiger partial charge in [-0.05, 0) is 64.2 Å². The number of fused-ring (bicyclic) bond motifs is 1. The Labute approximate surface area is 289 Å². The average Bonchev–Trinajstić information content (AvgIpc) is 3.45. The Balaban J connectivity index is 2.00. The summed E-state index contributed by atoms with van der Waals surface area (Å²) in [6.07, 6.45) is -5.44. The second-order valence-electron chi connectivity index (χ2n) is 12.9. The summed E-state index contributed by atoms with van der Waals surface area (Å²) >= 11 is 0. The fourth-order valence-corrected chi connectivity index (χ4v) is 5.73. The molecular weight excluding hydrogens is 658 g/mol. The molecule has 18 heteroatoms. The minimum absolute atomic E-state index is 0.00570. The van der Waals surface area contributed by atoms with Crippen molar-refractivity contribution >= 4 is 35.4 Å². The van der Waals surface area contributed by atoms with Gasteiger partial charge in [0, 0.05) is 19.5 Å². The molecule has 0 radical (unpaired) electrons. The summed E-state index contributed by atoms with van der Waals surface area (Å²) in [4.78, 5) is 81.3.